The molecule has 0 bridgehead atoms. The Labute approximate surface area is 105 Å². The molecule has 0 aliphatic heterocycles. The number of anilines is 1. The first-order chi connectivity index (χ1) is 7.59. The van der Waals surface area contributed by atoms with Crippen LogP contribution in [0.15, 0.2) is 0 Å². The molecule has 0 radical (unpaired) electrons. The van der Waals surface area contributed by atoms with E-state index in [2.05, 4.69) is 25.9 Å². The number of tetrazole rings is 1. The van der Waals surface area contributed by atoms with Crippen molar-refractivity contribution in [3.63, 3.8) is 0 Å². The first-order valence-electron chi connectivity index (χ1n) is 5.43. The van der Waals surface area contributed by atoms with Gasteiger partial charge in [0, 0.05) is 5.54 Å². The van der Waals surface area contributed by atoms with Gasteiger partial charge in [0.15, 0.2) is 0 Å². The van der Waals surface area contributed by atoms with Crippen LogP contribution in [0.25, 0.3) is 0 Å². The van der Waals surface area contributed by atoms with Crippen LogP contribution in [-0.2, 0) is 4.79 Å². The lowest BCUT2D eigenvalue weighted by molar-refractivity contribution is -0.122. The lowest BCUT2D eigenvalue weighted by Gasteiger charge is -2.36. The summed E-state index contributed by atoms with van der Waals surface area (Å²) < 4.78 is 0. The topological polar surface area (TPSA) is 110 Å². The van der Waals surface area contributed by atoms with Gasteiger partial charge in [-0.15, -0.1) is 17.5 Å². The maximum absolute atomic E-state index is 12.0. The summed E-state index contributed by atoms with van der Waals surface area (Å²) in [7, 11) is 0. The highest BCUT2D eigenvalue weighted by Gasteiger charge is 2.38. The summed E-state index contributed by atoms with van der Waals surface area (Å²) in [6, 6.07) is 0. The number of carbonyl (C=O) groups is 1. The van der Waals surface area contributed by atoms with Crippen molar-refractivity contribution in [2.75, 3.05) is 5.32 Å². The Morgan fingerprint density at radius 1 is 1.59 bits per heavy atom. The number of nitrogens with zero attached hydrogens (tertiary/aromatic N) is 3. The number of amides is 1. The number of nitrogens with one attached hydrogen (secondary N) is 2. The molecule has 0 spiro atoms. The molecule has 1 amide bonds. The SMILES string of the molecule is CC1(N)CCCCC1C(=O)Nc1nn[nH]n1.Cl. The third kappa shape index (κ3) is 3.13. The van der Waals surface area contributed by atoms with Gasteiger partial charge in [-0.05, 0) is 25.0 Å². The fraction of sp³-hybridized carbons (Fsp3) is 0.778. The van der Waals surface area contributed by atoms with E-state index in [4.69, 9.17) is 5.73 Å². The van der Waals surface area contributed by atoms with Crippen molar-refractivity contribution in [1.82, 2.24) is 20.6 Å². The number of carbonyl (C=O) groups excluding carboxylic acids is 1. The molecule has 1 aromatic rings. The summed E-state index contributed by atoms with van der Waals surface area (Å²) >= 11 is 0. The molecule has 1 aromatic heterocycles. The van der Waals surface area contributed by atoms with Crippen molar-refractivity contribution in [2.24, 2.45) is 11.7 Å². The number of H-pyrrole nitrogens is 1. The number of hydrogen-bond acceptors (Lipinski definition) is 5. The summed E-state index contributed by atoms with van der Waals surface area (Å²) in [6.07, 6.45) is 3.81. The quantitative estimate of drug-likeness (QED) is 0.716. The smallest absolute Gasteiger partial charge is 0.269 e. The molecule has 2 rings (SSSR count). The fourth-order valence-electron chi connectivity index (χ4n) is 2.20. The van der Waals surface area contributed by atoms with E-state index >= 15 is 0 Å². The third-order valence-corrected chi connectivity index (χ3v) is 3.15. The molecule has 8 heteroatoms. The Morgan fingerprint density at radius 3 is 2.94 bits per heavy atom. The number of nitrogens with two attached hydrogens (primary N) is 1. The molecule has 1 saturated carbocycles. The van der Waals surface area contributed by atoms with Crippen LogP contribution in [0.3, 0.4) is 0 Å². The van der Waals surface area contributed by atoms with Gasteiger partial charge < -0.3 is 5.73 Å². The number of rotatable bonds is 2. The average molecular weight is 261 g/mol. The molecule has 1 aliphatic rings. The van der Waals surface area contributed by atoms with Crippen LogP contribution < -0.4 is 11.1 Å². The van der Waals surface area contributed by atoms with Crippen molar-refractivity contribution in [3.05, 3.63) is 0 Å². The second-order valence-corrected chi connectivity index (χ2v) is 4.53. The molecule has 0 aromatic carbocycles. The minimum absolute atomic E-state index is 0. The minimum atomic E-state index is -0.438. The molecule has 96 valence electrons. The summed E-state index contributed by atoms with van der Waals surface area (Å²) in [5, 5.41) is 15.6. The molecule has 17 heavy (non-hydrogen) atoms. The standard InChI is InChI=1S/C9H16N6O.ClH/c1-9(10)5-3-2-4-6(9)7(16)11-8-12-14-15-13-8;/h6H,2-5,10H2,1H3,(H2,11,12,13,14,15,16);1H. The van der Waals surface area contributed by atoms with Gasteiger partial charge in [-0.1, -0.05) is 17.9 Å². The Bertz CT molecular complexity index is 366. The average Bonchev–Trinajstić information content (AvgIpc) is 2.69. The molecular formula is C9H17ClN6O. The van der Waals surface area contributed by atoms with E-state index in [0.29, 0.717) is 0 Å². The van der Waals surface area contributed by atoms with Gasteiger partial charge in [0.05, 0.1) is 5.92 Å². The van der Waals surface area contributed by atoms with Gasteiger partial charge in [0.1, 0.15) is 0 Å². The van der Waals surface area contributed by atoms with Gasteiger partial charge in [0.25, 0.3) is 5.95 Å². The summed E-state index contributed by atoms with van der Waals surface area (Å²) in [5.41, 5.74) is 5.69. The van der Waals surface area contributed by atoms with E-state index in [-0.39, 0.29) is 30.2 Å². The maximum atomic E-state index is 12.0. The van der Waals surface area contributed by atoms with Crippen molar-refractivity contribution in [1.29, 1.82) is 0 Å². The number of halogens is 1. The Morgan fingerprint density at radius 2 is 2.35 bits per heavy atom. The number of aromatic amines is 1. The Hall–Kier alpha value is -1.21. The van der Waals surface area contributed by atoms with Gasteiger partial charge in [-0.3, -0.25) is 10.1 Å². The highest BCUT2D eigenvalue weighted by molar-refractivity contribution is 5.91. The van der Waals surface area contributed by atoms with Gasteiger partial charge >= 0.3 is 0 Å². The van der Waals surface area contributed by atoms with Crippen molar-refractivity contribution >= 4 is 24.3 Å². The fourth-order valence-corrected chi connectivity index (χ4v) is 2.20. The monoisotopic (exact) mass is 260 g/mol. The summed E-state index contributed by atoms with van der Waals surface area (Å²) in [5.74, 6) is -0.0998. The molecule has 2 atom stereocenters. The zero-order chi connectivity index (χ0) is 11.6. The zero-order valence-corrected chi connectivity index (χ0v) is 10.5. The molecule has 2 unspecified atom stereocenters. The van der Waals surface area contributed by atoms with Crippen LogP contribution in [0.2, 0.25) is 0 Å². The second kappa shape index (κ2) is 5.42. The molecule has 4 N–H and O–H groups in total. The minimum Gasteiger partial charge on any atom is -0.325 e. The first kappa shape index (κ1) is 13.9. The van der Waals surface area contributed by atoms with Crippen LogP contribution in [0.1, 0.15) is 32.6 Å². The highest BCUT2D eigenvalue weighted by Crippen LogP contribution is 2.32. The highest BCUT2D eigenvalue weighted by atomic mass is 35.5. The van der Waals surface area contributed by atoms with Crippen LogP contribution >= 0.6 is 12.4 Å². The largest absolute Gasteiger partial charge is 0.325 e. The van der Waals surface area contributed by atoms with Gasteiger partial charge in [0.2, 0.25) is 5.91 Å². The van der Waals surface area contributed by atoms with Crippen LogP contribution in [0.5, 0.6) is 0 Å². The second-order valence-electron chi connectivity index (χ2n) is 4.53. The predicted molar refractivity (Wildman–Crippen MR) is 64.6 cm³/mol. The summed E-state index contributed by atoms with van der Waals surface area (Å²) in [6.45, 7) is 1.92. The van der Waals surface area contributed by atoms with E-state index in [1.165, 1.54) is 0 Å². The Balaban J connectivity index is 0.00000144. The van der Waals surface area contributed by atoms with Gasteiger partial charge in [-0.2, -0.15) is 5.21 Å². The van der Waals surface area contributed by atoms with E-state index < -0.39 is 5.54 Å². The molecule has 1 heterocycles. The normalized spacial score (nSPS) is 28.2. The van der Waals surface area contributed by atoms with E-state index in [1.807, 2.05) is 6.92 Å². The molecular weight excluding hydrogens is 244 g/mol. The zero-order valence-electron chi connectivity index (χ0n) is 9.64. The molecule has 7 nitrogen and oxygen atoms in total. The van der Waals surface area contributed by atoms with Crippen molar-refractivity contribution in [3.8, 4) is 0 Å². The Kier molecular flexibility index (Phi) is 4.41. The first-order valence-corrected chi connectivity index (χ1v) is 5.43. The van der Waals surface area contributed by atoms with Crippen molar-refractivity contribution in [2.45, 2.75) is 38.1 Å². The lowest BCUT2D eigenvalue weighted by Crippen LogP contribution is -2.51. The van der Waals surface area contributed by atoms with E-state index in [0.717, 1.165) is 25.7 Å². The van der Waals surface area contributed by atoms with E-state index in [1.54, 1.807) is 0 Å². The van der Waals surface area contributed by atoms with Crippen LogP contribution in [0, 0.1) is 5.92 Å². The molecule has 0 saturated heterocycles. The molecule has 1 fully saturated rings. The van der Waals surface area contributed by atoms with Crippen molar-refractivity contribution < 1.29 is 4.79 Å². The maximum Gasteiger partial charge on any atom is 0.269 e. The van der Waals surface area contributed by atoms with Crippen LogP contribution in [0.4, 0.5) is 5.95 Å². The molecule has 1 aliphatic carbocycles. The third-order valence-electron chi connectivity index (χ3n) is 3.15. The predicted octanol–water partition coefficient (Wildman–Crippen LogP) is 0.468. The number of aromatic nitrogens is 4. The van der Waals surface area contributed by atoms with Gasteiger partial charge in [-0.25, -0.2) is 0 Å². The summed E-state index contributed by atoms with van der Waals surface area (Å²) in [4.78, 5) is 12.0. The van der Waals surface area contributed by atoms with Crippen LogP contribution in [-0.4, -0.2) is 32.1 Å². The lowest BCUT2D eigenvalue weighted by atomic mass is 9.74. The number of hydrogen-bond donors (Lipinski definition) is 3. The van der Waals surface area contributed by atoms with E-state index in [9.17, 15) is 4.79 Å².